The zero-order valence-electron chi connectivity index (χ0n) is 21.6. The van der Waals surface area contributed by atoms with Crippen LogP contribution in [0.4, 0.5) is 5.82 Å². The van der Waals surface area contributed by atoms with Gasteiger partial charge in [-0.25, -0.2) is 18.4 Å². The molecule has 0 radical (unpaired) electrons. The normalized spacial score (nSPS) is 27.6. The van der Waals surface area contributed by atoms with Gasteiger partial charge in [0.05, 0.1) is 22.5 Å². The van der Waals surface area contributed by atoms with Gasteiger partial charge in [0.1, 0.15) is 23.6 Å². The van der Waals surface area contributed by atoms with E-state index < -0.39 is 10.0 Å². The third-order valence-electron chi connectivity index (χ3n) is 9.07. The van der Waals surface area contributed by atoms with E-state index in [1.54, 1.807) is 48.8 Å². The second kappa shape index (κ2) is 9.38. The Kier molecular flexibility index (Phi) is 5.93. The minimum Gasteiger partial charge on any atom is -0.457 e. The van der Waals surface area contributed by atoms with Crippen LogP contribution in [0.1, 0.15) is 49.8 Å². The largest absolute Gasteiger partial charge is 0.457 e. The summed E-state index contributed by atoms with van der Waals surface area (Å²) in [6, 6.07) is 9.86. The first kappa shape index (κ1) is 24.7. The van der Waals surface area contributed by atoms with Crippen LogP contribution in [0.25, 0.3) is 0 Å². The van der Waals surface area contributed by atoms with Crippen LogP contribution in [0.15, 0.2) is 60.0 Å². The number of hydrogen-bond acceptors (Lipinski definition) is 7. The van der Waals surface area contributed by atoms with E-state index in [-0.39, 0.29) is 29.3 Å². The van der Waals surface area contributed by atoms with E-state index in [9.17, 15) is 13.2 Å². The van der Waals surface area contributed by atoms with Crippen molar-refractivity contribution < 1.29 is 17.9 Å². The third-order valence-corrected chi connectivity index (χ3v) is 10.9. The smallest absolute Gasteiger partial charge is 0.243 e. The molecule has 39 heavy (non-hydrogen) atoms. The SMILES string of the molecule is O=C(Nc1ncnc2c1CCN(S(=O)(=O)c1ccc(Oc3ccncc3)cc1)C2)C12CC3CC(CC(C3)C1)C2. The highest BCUT2D eigenvalue weighted by molar-refractivity contribution is 7.89. The summed E-state index contributed by atoms with van der Waals surface area (Å²) in [5.41, 5.74) is 1.20. The lowest BCUT2D eigenvalue weighted by atomic mass is 9.49. The monoisotopic (exact) mass is 545 g/mol. The molecule has 1 N–H and O–H groups in total. The molecule has 3 aromatic rings. The van der Waals surface area contributed by atoms with Gasteiger partial charge in [0, 0.05) is 24.5 Å². The highest BCUT2D eigenvalue weighted by atomic mass is 32.2. The van der Waals surface area contributed by atoms with E-state index in [4.69, 9.17) is 4.74 Å². The van der Waals surface area contributed by atoms with Crippen molar-refractivity contribution in [2.75, 3.05) is 11.9 Å². The number of pyridine rings is 1. The van der Waals surface area contributed by atoms with Gasteiger partial charge in [-0.2, -0.15) is 4.31 Å². The van der Waals surface area contributed by atoms with Gasteiger partial charge in [-0.3, -0.25) is 9.78 Å². The van der Waals surface area contributed by atoms with Crippen molar-refractivity contribution in [3.05, 3.63) is 66.4 Å². The first-order valence-electron chi connectivity index (χ1n) is 13.7. The number of ether oxygens (including phenoxy) is 1. The molecule has 0 atom stereocenters. The molecule has 2 aromatic heterocycles. The van der Waals surface area contributed by atoms with Crippen molar-refractivity contribution in [3.63, 3.8) is 0 Å². The molecule has 8 rings (SSSR count). The van der Waals surface area contributed by atoms with Crippen LogP contribution in [0, 0.1) is 23.2 Å². The van der Waals surface area contributed by atoms with Gasteiger partial charge in [0.25, 0.3) is 0 Å². The maximum Gasteiger partial charge on any atom is 0.243 e. The van der Waals surface area contributed by atoms with Crippen molar-refractivity contribution in [2.24, 2.45) is 23.2 Å². The van der Waals surface area contributed by atoms with E-state index in [2.05, 4.69) is 20.3 Å². The molecule has 3 heterocycles. The van der Waals surface area contributed by atoms with Crippen molar-refractivity contribution in [3.8, 4) is 11.5 Å². The molecular weight excluding hydrogens is 514 g/mol. The Balaban J connectivity index is 1.06. The molecule has 0 saturated heterocycles. The number of aromatic nitrogens is 3. The number of amides is 1. The number of nitrogens with zero attached hydrogens (tertiary/aromatic N) is 4. The van der Waals surface area contributed by atoms with Crippen LogP contribution in [-0.4, -0.2) is 40.1 Å². The Labute approximate surface area is 228 Å². The first-order valence-corrected chi connectivity index (χ1v) is 15.1. The quantitative estimate of drug-likeness (QED) is 0.483. The molecule has 1 aliphatic heterocycles. The third kappa shape index (κ3) is 4.49. The molecule has 4 aliphatic carbocycles. The zero-order valence-corrected chi connectivity index (χ0v) is 22.4. The Morgan fingerprint density at radius 1 is 0.923 bits per heavy atom. The molecule has 0 spiro atoms. The fraction of sp³-hybridized carbons (Fsp3) is 0.448. The number of hydrogen-bond donors (Lipinski definition) is 1. The lowest BCUT2D eigenvalue weighted by molar-refractivity contribution is -0.140. The van der Waals surface area contributed by atoms with Gasteiger partial charge in [0.15, 0.2) is 0 Å². The average molecular weight is 546 g/mol. The molecule has 5 aliphatic rings. The van der Waals surface area contributed by atoms with Crippen LogP contribution >= 0.6 is 0 Å². The molecule has 1 amide bonds. The highest BCUT2D eigenvalue weighted by Crippen LogP contribution is 2.60. The van der Waals surface area contributed by atoms with Crippen LogP contribution in [0.2, 0.25) is 0 Å². The maximum atomic E-state index is 13.6. The maximum absolute atomic E-state index is 13.6. The molecule has 0 unspecified atom stereocenters. The summed E-state index contributed by atoms with van der Waals surface area (Å²) in [5, 5.41) is 3.16. The minimum absolute atomic E-state index is 0.0895. The fourth-order valence-electron chi connectivity index (χ4n) is 7.64. The first-order chi connectivity index (χ1) is 18.9. The van der Waals surface area contributed by atoms with Gasteiger partial charge in [0.2, 0.25) is 15.9 Å². The molecule has 1 aromatic carbocycles. The zero-order chi connectivity index (χ0) is 26.6. The summed E-state index contributed by atoms with van der Waals surface area (Å²) < 4.78 is 34.1. The Morgan fingerprint density at radius 2 is 1.56 bits per heavy atom. The summed E-state index contributed by atoms with van der Waals surface area (Å²) in [7, 11) is -3.74. The summed E-state index contributed by atoms with van der Waals surface area (Å²) in [4.78, 5) is 26.6. The number of carbonyl (C=O) groups excluding carboxylic acids is 1. The van der Waals surface area contributed by atoms with Gasteiger partial charge in [-0.1, -0.05) is 0 Å². The van der Waals surface area contributed by atoms with E-state index >= 15 is 0 Å². The van der Waals surface area contributed by atoms with E-state index in [0.717, 1.165) is 24.8 Å². The number of fused-ring (bicyclic) bond motifs is 1. The van der Waals surface area contributed by atoms with Gasteiger partial charge in [-0.15, -0.1) is 0 Å². The lowest BCUT2D eigenvalue weighted by Crippen LogP contribution is -2.52. The second-order valence-electron chi connectivity index (χ2n) is 11.6. The molecule has 10 heteroatoms. The number of nitrogens with one attached hydrogen (secondary N) is 1. The van der Waals surface area contributed by atoms with Gasteiger partial charge >= 0.3 is 0 Å². The minimum atomic E-state index is -3.74. The molecule has 4 bridgehead atoms. The number of carbonyl (C=O) groups is 1. The Morgan fingerprint density at radius 3 is 2.23 bits per heavy atom. The van der Waals surface area contributed by atoms with E-state index in [1.165, 1.54) is 29.9 Å². The molecule has 9 nitrogen and oxygen atoms in total. The van der Waals surface area contributed by atoms with E-state index in [0.29, 0.717) is 47.2 Å². The molecular formula is C29H31N5O4S. The molecule has 4 fully saturated rings. The number of rotatable bonds is 6. The number of sulfonamides is 1. The van der Waals surface area contributed by atoms with Crippen molar-refractivity contribution >= 4 is 21.7 Å². The van der Waals surface area contributed by atoms with Crippen LogP contribution in [0.5, 0.6) is 11.5 Å². The number of benzene rings is 1. The highest BCUT2D eigenvalue weighted by Gasteiger charge is 2.54. The second-order valence-corrected chi connectivity index (χ2v) is 13.6. The summed E-state index contributed by atoms with van der Waals surface area (Å²) in [6.07, 6.45) is 11.9. The number of anilines is 1. The van der Waals surface area contributed by atoms with Crippen molar-refractivity contribution in [1.29, 1.82) is 0 Å². The lowest BCUT2D eigenvalue weighted by Gasteiger charge is -2.55. The molecule has 4 saturated carbocycles. The van der Waals surface area contributed by atoms with E-state index in [1.807, 2.05) is 0 Å². The molecule has 202 valence electrons. The van der Waals surface area contributed by atoms with Gasteiger partial charge < -0.3 is 10.1 Å². The predicted molar refractivity (Wildman–Crippen MR) is 143 cm³/mol. The fourth-order valence-corrected chi connectivity index (χ4v) is 9.05. The Bertz CT molecular complexity index is 1480. The van der Waals surface area contributed by atoms with Crippen molar-refractivity contribution in [2.45, 2.75) is 56.4 Å². The van der Waals surface area contributed by atoms with Crippen LogP contribution in [0.3, 0.4) is 0 Å². The summed E-state index contributed by atoms with van der Waals surface area (Å²) in [5.74, 6) is 3.82. The van der Waals surface area contributed by atoms with Crippen LogP contribution in [-0.2, 0) is 27.8 Å². The average Bonchev–Trinajstić information content (AvgIpc) is 2.93. The summed E-state index contributed by atoms with van der Waals surface area (Å²) >= 11 is 0. The topological polar surface area (TPSA) is 114 Å². The Hall–Kier alpha value is -3.37. The van der Waals surface area contributed by atoms with Crippen LogP contribution < -0.4 is 10.1 Å². The standard InChI is InChI=1S/C29H31N5O4S/c35-28(29-14-19-11-20(15-29)13-21(12-19)16-29)33-27-25-7-10-34(17-26(25)31-18-32-27)39(36,37)24-3-1-22(2-4-24)38-23-5-8-30-9-6-23/h1-6,8-9,18-21H,7,10-17H2,(H,31,32,33,35). The van der Waals surface area contributed by atoms with Gasteiger partial charge in [-0.05, 0) is 99.1 Å². The summed E-state index contributed by atoms with van der Waals surface area (Å²) in [6.45, 7) is 0.425. The predicted octanol–water partition coefficient (Wildman–Crippen LogP) is 4.57. The van der Waals surface area contributed by atoms with Crippen molar-refractivity contribution in [1.82, 2.24) is 19.3 Å².